The van der Waals surface area contributed by atoms with Crippen LogP contribution in [0.25, 0.3) is 0 Å². The average molecular weight is 280 g/mol. The number of carbonyl (C=O) groups excluding carboxylic acids is 2. The van der Waals surface area contributed by atoms with E-state index in [2.05, 4.69) is 10.6 Å². The predicted molar refractivity (Wildman–Crippen MR) is 74.7 cm³/mol. The topological polar surface area (TPSA) is 87.7 Å². The zero-order valence-electron chi connectivity index (χ0n) is 11.9. The normalized spacial score (nSPS) is 11.8. The van der Waals surface area contributed by atoms with Gasteiger partial charge < -0.3 is 20.5 Å². The van der Waals surface area contributed by atoms with Gasteiger partial charge in [-0.3, -0.25) is 9.59 Å². The molecule has 3 N–H and O–H groups in total. The summed E-state index contributed by atoms with van der Waals surface area (Å²) in [6, 6.07) is 4.05. The third kappa shape index (κ3) is 4.55. The number of carbonyl (C=O) groups is 2. The van der Waals surface area contributed by atoms with Crippen molar-refractivity contribution in [3.05, 3.63) is 29.3 Å². The van der Waals surface area contributed by atoms with Crippen LogP contribution < -0.4 is 10.6 Å². The molecule has 6 nitrogen and oxygen atoms in total. The molecule has 0 saturated heterocycles. The first-order chi connectivity index (χ1) is 9.45. The molecule has 0 radical (unpaired) electrons. The molecule has 1 aromatic rings. The minimum absolute atomic E-state index is 0.102. The number of ether oxygens (including phenoxy) is 1. The van der Waals surface area contributed by atoms with Gasteiger partial charge in [0.1, 0.15) is 11.8 Å². The van der Waals surface area contributed by atoms with Crippen LogP contribution in [-0.2, 0) is 9.53 Å². The fraction of sp³-hybridized carbons (Fsp3) is 0.429. The zero-order chi connectivity index (χ0) is 15.1. The molecule has 0 bridgehead atoms. The summed E-state index contributed by atoms with van der Waals surface area (Å²) in [5, 5.41) is 14.9. The van der Waals surface area contributed by atoms with Crippen LogP contribution in [0.1, 0.15) is 22.8 Å². The van der Waals surface area contributed by atoms with Crippen molar-refractivity contribution in [1.82, 2.24) is 10.6 Å². The Bertz CT molecular complexity index is 488. The van der Waals surface area contributed by atoms with E-state index in [0.717, 1.165) is 5.56 Å². The van der Waals surface area contributed by atoms with Crippen LogP contribution in [-0.4, -0.2) is 43.2 Å². The maximum Gasteiger partial charge on any atom is 0.255 e. The Morgan fingerprint density at radius 1 is 1.40 bits per heavy atom. The molecular weight excluding hydrogens is 260 g/mol. The Labute approximate surface area is 118 Å². The van der Waals surface area contributed by atoms with Crippen LogP contribution in [0.2, 0.25) is 0 Å². The Morgan fingerprint density at radius 3 is 2.70 bits per heavy atom. The first-order valence-electron chi connectivity index (χ1n) is 6.33. The summed E-state index contributed by atoms with van der Waals surface area (Å²) in [7, 11) is 1.54. The molecule has 1 rings (SSSR count). The highest BCUT2D eigenvalue weighted by atomic mass is 16.5. The quantitative estimate of drug-likeness (QED) is 0.665. The molecule has 0 spiro atoms. The molecule has 1 unspecified atom stereocenters. The van der Waals surface area contributed by atoms with Gasteiger partial charge >= 0.3 is 0 Å². The lowest BCUT2D eigenvalue weighted by molar-refractivity contribution is -0.122. The minimum atomic E-state index is -0.694. The second kappa shape index (κ2) is 7.49. The van der Waals surface area contributed by atoms with E-state index in [0.29, 0.717) is 13.2 Å². The van der Waals surface area contributed by atoms with Gasteiger partial charge in [-0.1, -0.05) is 6.07 Å². The van der Waals surface area contributed by atoms with Crippen LogP contribution in [0.3, 0.4) is 0 Å². The largest absolute Gasteiger partial charge is 0.507 e. The van der Waals surface area contributed by atoms with Crippen LogP contribution in [0.15, 0.2) is 18.2 Å². The summed E-state index contributed by atoms with van der Waals surface area (Å²) in [5.41, 5.74) is 0.997. The number of phenols is 1. The molecule has 1 aromatic carbocycles. The maximum absolute atomic E-state index is 11.9. The summed E-state index contributed by atoms with van der Waals surface area (Å²) in [4.78, 5) is 23.6. The molecule has 0 heterocycles. The van der Waals surface area contributed by atoms with E-state index >= 15 is 0 Å². The number of hydrogen-bond acceptors (Lipinski definition) is 4. The number of aromatic hydroxyl groups is 1. The molecule has 1 atom stereocenters. The molecule has 0 fully saturated rings. The monoisotopic (exact) mass is 280 g/mol. The number of nitrogens with one attached hydrogen (secondary N) is 2. The zero-order valence-corrected chi connectivity index (χ0v) is 11.9. The van der Waals surface area contributed by atoms with Crippen molar-refractivity contribution < 1.29 is 19.4 Å². The predicted octanol–water partition coefficient (Wildman–Crippen LogP) is 0.582. The number of amides is 2. The molecule has 0 saturated carbocycles. The van der Waals surface area contributed by atoms with Crippen LogP contribution in [0, 0.1) is 6.92 Å². The van der Waals surface area contributed by atoms with Gasteiger partial charge in [-0.15, -0.1) is 0 Å². The molecule has 0 aliphatic rings. The third-order valence-electron chi connectivity index (χ3n) is 2.74. The third-order valence-corrected chi connectivity index (χ3v) is 2.74. The lowest BCUT2D eigenvalue weighted by Crippen LogP contribution is -2.45. The lowest BCUT2D eigenvalue weighted by atomic mass is 10.1. The van der Waals surface area contributed by atoms with Gasteiger partial charge in [-0.2, -0.15) is 0 Å². The van der Waals surface area contributed by atoms with E-state index < -0.39 is 11.9 Å². The number of hydrogen-bond donors (Lipinski definition) is 3. The van der Waals surface area contributed by atoms with Gasteiger partial charge in [0.2, 0.25) is 5.91 Å². The maximum atomic E-state index is 11.9. The summed E-state index contributed by atoms with van der Waals surface area (Å²) in [6.45, 7) is 4.18. The number of methoxy groups -OCH3 is 1. The number of benzene rings is 1. The molecule has 0 aliphatic heterocycles. The van der Waals surface area contributed by atoms with Crippen molar-refractivity contribution in [3.63, 3.8) is 0 Å². The van der Waals surface area contributed by atoms with Gasteiger partial charge in [-0.05, 0) is 31.5 Å². The molecule has 2 amide bonds. The summed E-state index contributed by atoms with van der Waals surface area (Å²) < 4.78 is 4.81. The van der Waals surface area contributed by atoms with Gasteiger partial charge in [-0.25, -0.2) is 0 Å². The first kappa shape index (κ1) is 16.0. The molecule has 0 aromatic heterocycles. The highest BCUT2D eigenvalue weighted by Gasteiger charge is 2.18. The molecule has 6 heteroatoms. The lowest BCUT2D eigenvalue weighted by Gasteiger charge is -2.14. The SMILES string of the molecule is COCCNC(=O)C(C)NC(=O)c1ccc(C)cc1O. The van der Waals surface area contributed by atoms with Crippen molar-refractivity contribution in [2.75, 3.05) is 20.3 Å². The van der Waals surface area contributed by atoms with Gasteiger partial charge in [0.25, 0.3) is 5.91 Å². The molecule has 20 heavy (non-hydrogen) atoms. The van der Waals surface area contributed by atoms with E-state index in [4.69, 9.17) is 4.74 Å². The van der Waals surface area contributed by atoms with E-state index in [1.807, 2.05) is 6.92 Å². The van der Waals surface area contributed by atoms with Crippen molar-refractivity contribution in [2.45, 2.75) is 19.9 Å². The number of rotatable bonds is 6. The second-order valence-electron chi connectivity index (χ2n) is 4.50. The Hall–Kier alpha value is -2.08. The Morgan fingerprint density at radius 2 is 2.10 bits per heavy atom. The van der Waals surface area contributed by atoms with E-state index in [-0.39, 0.29) is 17.2 Å². The molecular formula is C14H20N2O4. The highest BCUT2D eigenvalue weighted by molar-refractivity contribution is 5.99. The van der Waals surface area contributed by atoms with Crippen LogP contribution >= 0.6 is 0 Å². The number of aryl methyl sites for hydroxylation is 1. The molecule has 110 valence electrons. The van der Waals surface area contributed by atoms with Crippen molar-refractivity contribution in [2.24, 2.45) is 0 Å². The van der Waals surface area contributed by atoms with Crippen LogP contribution in [0.4, 0.5) is 0 Å². The summed E-state index contributed by atoms with van der Waals surface area (Å²) in [5.74, 6) is -0.895. The van der Waals surface area contributed by atoms with Gasteiger partial charge in [0.15, 0.2) is 0 Å². The van der Waals surface area contributed by atoms with Crippen molar-refractivity contribution >= 4 is 11.8 Å². The minimum Gasteiger partial charge on any atom is -0.507 e. The van der Waals surface area contributed by atoms with E-state index in [9.17, 15) is 14.7 Å². The van der Waals surface area contributed by atoms with Gasteiger partial charge in [0, 0.05) is 13.7 Å². The van der Waals surface area contributed by atoms with Crippen molar-refractivity contribution in [1.29, 1.82) is 0 Å². The molecule has 0 aliphatic carbocycles. The average Bonchev–Trinajstić information content (AvgIpc) is 2.38. The smallest absolute Gasteiger partial charge is 0.255 e. The van der Waals surface area contributed by atoms with Crippen LogP contribution in [0.5, 0.6) is 5.75 Å². The van der Waals surface area contributed by atoms with Gasteiger partial charge in [0.05, 0.1) is 12.2 Å². The standard InChI is InChI=1S/C14H20N2O4/c1-9-4-5-11(12(17)8-9)14(19)16-10(2)13(18)15-6-7-20-3/h4-5,8,10,17H,6-7H2,1-3H3,(H,15,18)(H,16,19). The van der Waals surface area contributed by atoms with Crippen molar-refractivity contribution in [3.8, 4) is 5.75 Å². The van der Waals surface area contributed by atoms with E-state index in [1.54, 1.807) is 13.0 Å². The summed E-state index contributed by atoms with van der Waals surface area (Å²) in [6.07, 6.45) is 0. The fourth-order valence-electron chi connectivity index (χ4n) is 1.60. The number of phenolic OH excluding ortho intramolecular Hbond substituents is 1. The highest BCUT2D eigenvalue weighted by Crippen LogP contribution is 2.18. The fourth-order valence-corrected chi connectivity index (χ4v) is 1.60. The Balaban J connectivity index is 2.58. The summed E-state index contributed by atoms with van der Waals surface area (Å²) >= 11 is 0. The second-order valence-corrected chi connectivity index (χ2v) is 4.50. The Kier molecular flexibility index (Phi) is 5.99. The first-order valence-corrected chi connectivity index (χ1v) is 6.33. The van der Waals surface area contributed by atoms with E-state index in [1.165, 1.54) is 19.2 Å².